The van der Waals surface area contributed by atoms with Gasteiger partial charge in [-0.05, 0) is 12.1 Å². The maximum absolute atomic E-state index is 12.2. The van der Waals surface area contributed by atoms with Gasteiger partial charge in [0.25, 0.3) is 5.91 Å². The van der Waals surface area contributed by atoms with Crippen molar-refractivity contribution in [2.75, 3.05) is 13.1 Å². The number of rotatable bonds is 5. The summed E-state index contributed by atoms with van der Waals surface area (Å²) in [6.45, 7) is -0.552. The molecule has 21 heavy (non-hydrogen) atoms. The molecule has 2 rings (SSSR count). The summed E-state index contributed by atoms with van der Waals surface area (Å²) in [7, 11) is 0. The Balaban J connectivity index is 2.18. The quantitative estimate of drug-likeness (QED) is 0.765. The molecule has 0 aliphatic rings. The predicted octanol–water partition coefficient (Wildman–Crippen LogP) is -0.178. The number of aromatic nitrogens is 4. The molecule has 0 unspecified atom stereocenters. The number of carbonyl (C=O) groups excluding carboxylic acids is 1. The lowest BCUT2D eigenvalue weighted by atomic mass is 10.2. The Morgan fingerprint density at radius 1 is 1.43 bits per heavy atom. The van der Waals surface area contributed by atoms with E-state index in [2.05, 4.69) is 21.0 Å². The fourth-order valence-corrected chi connectivity index (χ4v) is 1.63. The van der Waals surface area contributed by atoms with Gasteiger partial charge < -0.3 is 10.0 Å². The molecule has 1 amide bonds. The lowest BCUT2D eigenvalue weighted by Crippen LogP contribution is -2.36. The molecule has 106 valence electrons. The van der Waals surface area contributed by atoms with E-state index in [4.69, 9.17) is 11.5 Å². The second kappa shape index (κ2) is 6.29. The molecule has 0 saturated carbocycles. The number of aliphatic carboxylic acids is 1. The molecule has 0 spiro atoms. The zero-order chi connectivity index (χ0) is 15.2. The van der Waals surface area contributed by atoms with Crippen LogP contribution in [0.1, 0.15) is 10.4 Å². The second-order valence-corrected chi connectivity index (χ2v) is 4.00. The van der Waals surface area contributed by atoms with Gasteiger partial charge in [-0.1, -0.05) is 5.92 Å². The molecule has 1 N–H and O–H groups in total. The average molecular weight is 285 g/mol. The van der Waals surface area contributed by atoms with Gasteiger partial charge in [0.2, 0.25) is 0 Å². The highest BCUT2D eigenvalue weighted by molar-refractivity contribution is 5.95. The van der Waals surface area contributed by atoms with Gasteiger partial charge in [-0.15, -0.1) is 6.42 Å². The minimum Gasteiger partial charge on any atom is -0.480 e. The van der Waals surface area contributed by atoms with Gasteiger partial charge in [0.05, 0.1) is 12.1 Å². The maximum atomic E-state index is 12.2. The summed E-state index contributed by atoms with van der Waals surface area (Å²) in [6.07, 6.45) is 9.31. The third-order valence-electron chi connectivity index (χ3n) is 2.54. The first-order valence-corrected chi connectivity index (χ1v) is 5.87. The number of nitrogens with zero attached hydrogens (tertiary/aromatic N) is 5. The molecule has 2 aromatic rings. The van der Waals surface area contributed by atoms with Gasteiger partial charge in [-0.3, -0.25) is 9.59 Å². The highest BCUT2D eigenvalue weighted by Gasteiger charge is 2.18. The molecular weight excluding hydrogens is 274 g/mol. The molecule has 2 aromatic heterocycles. The molecular formula is C13H11N5O3. The summed E-state index contributed by atoms with van der Waals surface area (Å²) in [5, 5.41) is 12.7. The highest BCUT2D eigenvalue weighted by atomic mass is 16.4. The van der Waals surface area contributed by atoms with Crippen molar-refractivity contribution in [1.82, 2.24) is 24.6 Å². The summed E-state index contributed by atoms with van der Waals surface area (Å²) in [5.74, 6) is 1.12. The summed E-state index contributed by atoms with van der Waals surface area (Å²) in [6, 6.07) is 3.11. The first kappa shape index (κ1) is 14.2. The van der Waals surface area contributed by atoms with Gasteiger partial charge in [-0.2, -0.15) is 5.10 Å². The van der Waals surface area contributed by atoms with Crippen LogP contribution in [0, 0.1) is 12.3 Å². The monoisotopic (exact) mass is 285 g/mol. The van der Waals surface area contributed by atoms with Crippen molar-refractivity contribution >= 4 is 11.9 Å². The molecule has 0 aromatic carbocycles. The molecule has 8 nitrogen and oxygen atoms in total. The van der Waals surface area contributed by atoms with Crippen LogP contribution in [0.5, 0.6) is 0 Å². The minimum absolute atomic E-state index is 0.0873. The number of carboxylic acids is 1. The average Bonchev–Trinajstić information content (AvgIpc) is 3.00. The van der Waals surface area contributed by atoms with E-state index < -0.39 is 18.4 Å². The van der Waals surface area contributed by atoms with E-state index >= 15 is 0 Å². The van der Waals surface area contributed by atoms with Gasteiger partial charge in [0.15, 0.2) is 5.82 Å². The minimum atomic E-state index is -1.13. The van der Waals surface area contributed by atoms with Crippen LogP contribution < -0.4 is 0 Å². The molecule has 0 radical (unpaired) electrons. The Labute approximate surface area is 120 Å². The van der Waals surface area contributed by atoms with Crippen LogP contribution in [0.15, 0.2) is 31.0 Å². The number of carboxylic acid groups (broad SMARTS) is 1. The van der Waals surface area contributed by atoms with Crippen LogP contribution >= 0.6 is 0 Å². The number of hydrogen-bond acceptors (Lipinski definition) is 5. The van der Waals surface area contributed by atoms with Crippen molar-refractivity contribution in [3.63, 3.8) is 0 Å². The Kier molecular flexibility index (Phi) is 4.26. The first-order chi connectivity index (χ1) is 10.1. The zero-order valence-corrected chi connectivity index (χ0v) is 10.9. The van der Waals surface area contributed by atoms with Gasteiger partial charge >= 0.3 is 5.97 Å². The van der Waals surface area contributed by atoms with Crippen molar-refractivity contribution in [2.45, 2.75) is 0 Å². The highest BCUT2D eigenvalue weighted by Crippen LogP contribution is 2.07. The fourth-order valence-electron chi connectivity index (χ4n) is 1.63. The molecule has 0 bridgehead atoms. The van der Waals surface area contributed by atoms with Crippen molar-refractivity contribution in [1.29, 1.82) is 0 Å². The first-order valence-electron chi connectivity index (χ1n) is 5.87. The second-order valence-electron chi connectivity index (χ2n) is 4.00. The third-order valence-corrected chi connectivity index (χ3v) is 2.54. The number of pyridine rings is 1. The van der Waals surface area contributed by atoms with Crippen molar-refractivity contribution in [2.24, 2.45) is 0 Å². The lowest BCUT2D eigenvalue weighted by Gasteiger charge is -2.17. The summed E-state index contributed by atoms with van der Waals surface area (Å²) in [5.41, 5.74) is 0.246. The predicted molar refractivity (Wildman–Crippen MR) is 71.5 cm³/mol. The van der Waals surface area contributed by atoms with Gasteiger partial charge in [0, 0.05) is 6.20 Å². The topological polar surface area (TPSA) is 101 Å². The van der Waals surface area contributed by atoms with Crippen LogP contribution in [0.3, 0.4) is 0 Å². The molecule has 8 heteroatoms. The number of hydrogen-bond donors (Lipinski definition) is 1. The molecule has 0 fully saturated rings. The van der Waals surface area contributed by atoms with Crippen molar-refractivity contribution < 1.29 is 14.7 Å². The lowest BCUT2D eigenvalue weighted by molar-refractivity contribution is -0.137. The van der Waals surface area contributed by atoms with Gasteiger partial charge in [-0.25, -0.2) is 14.6 Å². The van der Waals surface area contributed by atoms with Crippen LogP contribution in [0.2, 0.25) is 0 Å². The summed E-state index contributed by atoms with van der Waals surface area (Å²) >= 11 is 0. The van der Waals surface area contributed by atoms with Crippen molar-refractivity contribution in [3.8, 4) is 18.2 Å². The molecule has 2 heterocycles. The molecule has 0 saturated heterocycles. The Morgan fingerprint density at radius 2 is 2.24 bits per heavy atom. The van der Waals surface area contributed by atoms with E-state index in [1.54, 1.807) is 6.07 Å². The fraction of sp³-hybridized carbons (Fsp3) is 0.154. The maximum Gasteiger partial charge on any atom is 0.323 e. The Morgan fingerprint density at radius 3 is 2.76 bits per heavy atom. The van der Waals surface area contributed by atoms with E-state index in [1.807, 2.05) is 0 Å². The van der Waals surface area contributed by atoms with Crippen LogP contribution in [-0.2, 0) is 4.79 Å². The normalized spacial score (nSPS) is 9.86. The largest absolute Gasteiger partial charge is 0.480 e. The zero-order valence-electron chi connectivity index (χ0n) is 10.9. The van der Waals surface area contributed by atoms with E-state index in [9.17, 15) is 9.59 Å². The third kappa shape index (κ3) is 3.42. The smallest absolute Gasteiger partial charge is 0.323 e. The van der Waals surface area contributed by atoms with Crippen molar-refractivity contribution in [3.05, 3.63) is 36.5 Å². The number of terminal acetylenes is 1. The molecule has 0 aliphatic carbocycles. The van der Waals surface area contributed by atoms with Crippen LogP contribution in [-0.4, -0.2) is 54.7 Å². The van der Waals surface area contributed by atoms with Gasteiger partial charge in [0.1, 0.15) is 19.2 Å². The Hall–Kier alpha value is -3.21. The van der Waals surface area contributed by atoms with E-state index in [1.165, 1.54) is 29.6 Å². The van der Waals surface area contributed by atoms with Crippen LogP contribution in [0.25, 0.3) is 5.82 Å². The summed E-state index contributed by atoms with van der Waals surface area (Å²) < 4.78 is 1.44. The molecule has 0 atom stereocenters. The van der Waals surface area contributed by atoms with E-state index in [0.29, 0.717) is 5.82 Å². The summed E-state index contributed by atoms with van der Waals surface area (Å²) in [4.78, 5) is 31.8. The Bertz CT molecular complexity index is 673. The number of amides is 1. The standard InChI is InChI=1S/C13H11N5O3/c1-2-5-17(7-12(19)20)13(21)10-3-4-11(15-6-10)18-9-14-8-16-18/h1,3-4,6,8-9H,5,7H2,(H,19,20). The van der Waals surface area contributed by atoms with E-state index in [-0.39, 0.29) is 12.1 Å². The number of carbonyl (C=O) groups is 2. The molecule has 0 aliphatic heterocycles. The van der Waals surface area contributed by atoms with E-state index in [0.717, 1.165) is 4.90 Å². The van der Waals surface area contributed by atoms with Crippen LogP contribution in [0.4, 0.5) is 0 Å². The SMILES string of the molecule is C#CCN(CC(=O)O)C(=O)c1ccc(-n2cncn2)nc1.